The van der Waals surface area contributed by atoms with Gasteiger partial charge in [-0.1, -0.05) is 18.2 Å². The first-order chi connectivity index (χ1) is 10.8. The maximum Gasteiger partial charge on any atom is 0.130 e. The Morgan fingerprint density at radius 3 is 2.91 bits per heavy atom. The van der Waals surface area contributed by atoms with Gasteiger partial charge in [0, 0.05) is 26.2 Å². The summed E-state index contributed by atoms with van der Waals surface area (Å²) in [5.74, 6) is 0.817. The number of nitriles is 1. The average molecular weight is 297 g/mol. The van der Waals surface area contributed by atoms with E-state index >= 15 is 0 Å². The number of nitrogens with zero attached hydrogens (tertiary/aromatic N) is 3. The number of hydrogen-bond donors (Lipinski definition) is 0. The molecule has 1 aliphatic heterocycles. The number of methoxy groups -OCH3 is 2. The van der Waals surface area contributed by atoms with Crippen LogP contribution in [0.3, 0.4) is 0 Å². The molecule has 0 N–H and O–H groups in total. The summed E-state index contributed by atoms with van der Waals surface area (Å²) in [5, 5.41) is 10.3. The largest absolute Gasteiger partial charge is 0.383 e. The van der Waals surface area contributed by atoms with Crippen molar-refractivity contribution in [3.8, 4) is 6.07 Å². The summed E-state index contributed by atoms with van der Waals surface area (Å²) in [5.41, 5.74) is 1.49. The van der Waals surface area contributed by atoms with Crippen LogP contribution >= 0.6 is 0 Å². The number of benzene rings is 1. The molecule has 0 saturated carbocycles. The van der Waals surface area contributed by atoms with Crippen molar-refractivity contribution in [1.29, 1.82) is 5.26 Å². The maximum absolute atomic E-state index is 9.42. The van der Waals surface area contributed by atoms with E-state index in [2.05, 4.69) is 11.0 Å². The van der Waals surface area contributed by atoms with Gasteiger partial charge in [-0.15, -0.1) is 0 Å². The number of pyridine rings is 1. The van der Waals surface area contributed by atoms with Crippen molar-refractivity contribution < 1.29 is 9.47 Å². The van der Waals surface area contributed by atoms with Gasteiger partial charge in [0.2, 0.25) is 0 Å². The molecule has 1 saturated heterocycles. The number of ether oxygens (including phenoxy) is 2. The number of fused-ring (bicyclic) bond motifs is 1. The fraction of sp³-hybridized carbons (Fsp3) is 0.412. The molecule has 2 atom stereocenters. The quantitative estimate of drug-likeness (QED) is 0.867. The van der Waals surface area contributed by atoms with Gasteiger partial charge in [0.15, 0.2) is 0 Å². The van der Waals surface area contributed by atoms with E-state index in [1.54, 1.807) is 14.2 Å². The van der Waals surface area contributed by atoms with Crippen LogP contribution in [0, 0.1) is 11.3 Å². The average Bonchev–Trinajstić information content (AvgIpc) is 2.97. The summed E-state index contributed by atoms with van der Waals surface area (Å²) in [6.07, 6.45) is 1.07. The van der Waals surface area contributed by atoms with Crippen LogP contribution in [-0.2, 0) is 9.47 Å². The van der Waals surface area contributed by atoms with Crippen LogP contribution in [0.2, 0.25) is 0 Å². The summed E-state index contributed by atoms with van der Waals surface area (Å²) < 4.78 is 10.8. The molecule has 0 spiro atoms. The molecular weight excluding hydrogens is 278 g/mol. The molecule has 1 fully saturated rings. The molecule has 0 amide bonds. The van der Waals surface area contributed by atoms with Crippen molar-refractivity contribution in [3.05, 3.63) is 35.9 Å². The molecule has 0 unspecified atom stereocenters. The molecule has 0 aliphatic carbocycles. The van der Waals surface area contributed by atoms with E-state index in [1.807, 2.05) is 30.3 Å². The lowest BCUT2D eigenvalue weighted by atomic mass is 10.1. The van der Waals surface area contributed by atoms with Gasteiger partial charge in [0.05, 0.1) is 35.9 Å². The highest BCUT2D eigenvalue weighted by atomic mass is 16.5. The Hall–Kier alpha value is -2.16. The minimum absolute atomic E-state index is 0.166. The zero-order valence-corrected chi connectivity index (χ0v) is 12.8. The van der Waals surface area contributed by atoms with Crippen LogP contribution < -0.4 is 4.90 Å². The molecule has 1 aromatic heterocycles. The second-order valence-electron chi connectivity index (χ2n) is 5.51. The minimum Gasteiger partial charge on any atom is -0.383 e. The molecule has 1 aromatic carbocycles. The summed E-state index contributed by atoms with van der Waals surface area (Å²) in [6, 6.07) is 12.1. The predicted octanol–water partition coefficient (Wildman–Crippen LogP) is 2.35. The molecule has 0 bridgehead atoms. The fourth-order valence-electron chi connectivity index (χ4n) is 3.08. The molecule has 2 heterocycles. The lowest BCUT2D eigenvalue weighted by Crippen LogP contribution is -2.33. The summed E-state index contributed by atoms with van der Waals surface area (Å²) in [7, 11) is 3.43. The van der Waals surface area contributed by atoms with E-state index in [9.17, 15) is 5.26 Å². The van der Waals surface area contributed by atoms with Crippen molar-refractivity contribution in [3.63, 3.8) is 0 Å². The van der Waals surface area contributed by atoms with Gasteiger partial charge >= 0.3 is 0 Å². The van der Waals surface area contributed by atoms with Crippen LogP contribution in [0.4, 0.5) is 5.82 Å². The van der Waals surface area contributed by atoms with E-state index in [4.69, 9.17) is 14.5 Å². The van der Waals surface area contributed by atoms with Crippen molar-refractivity contribution in [2.24, 2.45) is 0 Å². The first kappa shape index (κ1) is 14.8. The second-order valence-corrected chi connectivity index (χ2v) is 5.51. The van der Waals surface area contributed by atoms with Crippen LogP contribution in [0.15, 0.2) is 30.3 Å². The third-order valence-corrected chi connectivity index (χ3v) is 4.19. The van der Waals surface area contributed by atoms with Gasteiger partial charge in [0.25, 0.3) is 0 Å². The molecule has 114 valence electrons. The van der Waals surface area contributed by atoms with Gasteiger partial charge in [-0.05, 0) is 18.6 Å². The Bertz CT molecular complexity index is 711. The first-order valence-corrected chi connectivity index (χ1v) is 7.35. The molecule has 5 heteroatoms. The normalized spacial score (nSPS) is 21.2. The number of hydrogen-bond acceptors (Lipinski definition) is 5. The topological polar surface area (TPSA) is 58.4 Å². The number of anilines is 1. The number of para-hydroxylation sites is 1. The van der Waals surface area contributed by atoms with Crippen molar-refractivity contribution in [1.82, 2.24) is 4.98 Å². The molecule has 1 aliphatic rings. The SMILES string of the molecule is COC[C@@H]1C[C@H](OC)CN1c1cc(C#N)c2ccccc2n1. The minimum atomic E-state index is 0.166. The summed E-state index contributed by atoms with van der Waals surface area (Å²) in [6.45, 7) is 1.39. The third kappa shape index (κ3) is 2.63. The van der Waals surface area contributed by atoms with Crippen LogP contribution in [0.5, 0.6) is 0 Å². The van der Waals surface area contributed by atoms with Gasteiger partial charge in [0.1, 0.15) is 5.82 Å². The van der Waals surface area contributed by atoms with E-state index < -0.39 is 0 Å². The summed E-state index contributed by atoms with van der Waals surface area (Å²) in [4.78, 5) is 6.92. The van der Waals surface area contributed by atoms with Gasteiger partial charge in [-0.3, -0.25) is 0 Å². The first-order valence-electron chi connectivity index (χ1n) is 7.35. The maximum atomic E-state index is 9.42. The Morgan fingerprint density at radius 1 is 1.36 bits per heavy atom. The Kier molecular flexibility index (Phi) is 4.23. The van der Waals surface area contributed by atoms with E-state index in [-0.39, 0.29) is 12.1 Å². The Balaban J connectivity index is 2.03. The molecule has 5 nitrogen and oxygen atoms in total. The van der Waals surface area contributed by atoms with Gasteiger partial charge in [-0.25, -0.2) is 4.98 Å². The second kappa shape index (κ2) is 6.30. The third-order valence-electron chi connectivity index (χ3n) is 4.19. The molecule has 2 aromatic rings. The van der Waals surface area contributed by atoms with Crippen LogP contribution in [-0.4, -0.2) is 44.5 Å². The number of rotatable bonds is 4. The Morgan fingerprint density at radius 2 is 2.18 bits per heavy atom. The Labute approximate surface area is 130 Å². The smallest absolute Gasteiger partial charge is 0.130 e. The lowest BCUT2D eigenvalue weighted by molar-refractivity contribution is 0.111. The highest BCUT2D eigenvalue weighted by Gasteiger charge is 2.33. The van der Waals surface area contributed by atoms with Gasteiger partial charge < -0.3 is 14.4 Å². The van der Waals surface area contributed by atoms with Crippen molar-refractivity contribution >= 4 is 16.7 Å². The highest BCUT2D eigenvalue weighted by molar-refractivity contribution is 5.86. The highest BCUT2D eigenvalue weighted by Crippen LogP contribution is 2.29. The van der Waals surface area contributed by atoms with Crippen molar-refractivity contribution in [2.75, 3.05) is 32.3 Å². The van der Waals surface area contributed by atoms with E-state index in [1.165, 1.54) is 0 Å². The van der Waals surface area contributed by atoms with Crippen LogP contribution in [0.25, 0.3) is 10.9 Å². The zero-order valence-electron chi connectivity index (χ0n) is 12.8. The molecule has 0 radical (unpaired) electrons. The zero-order chi connectivity index (χ0) is 15.5. The van der Waals surface area contributed by atoms with Crippen LogP contribution in [0.1, 0.15) is 12.0 Å². The summed E-state index contributed by atoms with van der Waals surface area (Å²) >= 11 is 0. The van der Waals surface area contributed by atoms with E-state index in [0.29, 0.717) is 12.2 Å². The van der Waals surface area contributed by atoms with Crippen molar-refractivity contribution in [2.45, 2.75) is 18.6 Å². The lowest BCUT2D eigenvalue weighted by Gasteiger charge is -2.25. The molecule has 22 heavy (non-hydrogen) atoms. The van der Waals surface area contributed by atoms with Gasteiger partial charge in [-0.2, -0.15) is 5.26 Å². The molecule has 3 rings (SSSR count). The predicted molar refractivity (Wildman–Crippen MR) is 84.9 cm³/mol. The fourth-order valence-corrected chi connectivity index (χ4v) is 3.08. The monoisotopic (exact) mass is 297 g/mol. The standard InChI is InChI=1S/C17H19N3O2/c1-21-11-13-8-14(22-2)10-20(13)17-7-12(9-18)15-5-3-4-6-16(15)19-17/h3-7,13-14H,8,10-11H2,1-2H3/t13-,14-/m0/s1. The molecular formula is C17H19N3O2. The number of aromatic nitrogens is 1. The van der Waals surface area contributed by atoms with E-state index in [0.717, 1.165) is 29.7 Å².